The highest BCUT2D eigenvalue weighted by Gasteiger charge is 1.98. The van der Waals surface area contributed by atoms with Crippen LogP contribution in [-0.2, 0) is 0 Å². The van der Waals surface area contributed by atoms with Crippen LogP contribution >= 0.6 is 0 Å². The number of hydrogen-bond donors (Lipinski definition) is 0. The molecule has 9 heavy (non-hydrogen) atoms. The van der Waals surface area contributed by atoms with E-state index in [0.29, 0.717) is 0 Å². The number of aromatic nitrogens is 1. The predicted molar refractivity (Wildman–Crippen MR) is 32.8 cm³/mol. The Morgan fingerprint density at radius 1 is 1.33 bits per heavy atom. The Bertz CT molecular complexity index is 283. The van der Waals surface area contributed by atoms with E-state index < -0.39 is 0 Å². The van der Waals surface area contributed by atoms with Gasteiger partial charge in [0.1, 0.15) is 0 Å². The summed E-state index contributed by atoms with van der Waals surface area (Å²) in [6.07, 6.45) is 3.51. The molecule has 0 bridgehead atoms. The molecule has 44 valence electrons. The van der Waals surface area contributed by atoms with E-state index in [2.05, 4.69) is 4.98 Å². The lowest BCUT2D eigenvalue weighted by molar-refractivity contribution is -0.356. The van der Waals surface area contributed by atoms with Crippen LogP contribution in [-0.4, -0.2) is 0 Å². The minimum absolute atomic E-state index is 0.831. The van der Waals surface area contributed by atoms with Gasteiger partial charge >= 0.3 is 5.71 Å². The number of hydrogen-bond acceptors (Lipinski definition) is 1. The molecule has 0 aliphatic rings. The molecule has 2 nitrogen and oxygen atoms in total. The van der Waals surface area contributed by atoms with E-state index in [4.69, 9.17) is 4.42 Å². The van der Waals surface area contributed by atoms with Crippen molar-refractivity contribution in [3.05, 3.63) is 30.7 Å². The molecule has 0 saturated carbocycles. The van der Waals surface area contributed by atoms with Gasteiger partial charge in [0.05, 0.1) is 11.6 Å². The minimum Gasteiger partial charge on any atom is -0.413 e. The largest absolute Gasteiger partial charge is 0.413 e. The maximum absolute atomic E-state index is 5.06. The smallest absolute Gasteiger partial charge is 0.378 e. The van der Waals surface area contributed by atoms with Crippen LogP contribution in [0.1, 0.15) is 0 Å². The number of pyridine rings is 1. The fourth-order valence-electron chi connectivity index (χ4n) is 0.843. The number of H-pyrrole nitrogens is 1. The Morgan fingerprint density at radius 3 is 3.22 bits per heavy atom. The first kappa shape index (κ1) is 4.56. The zero-order chi connectivity index (χ0) is 6.10. The van der Waals surface area contributed by atoms with Crippen molar-refractivity contribution >= 4 is 11.1 Å². The molecule has 0 atom stereocenters. The van der Waals surface area contributed by atoms with Gasteiger partial charge in [-0.05, 0) is 12.1 Å². The van der Waals surface area contributed by atoms with Crippen molar-refractivity contribution in [2.75, 3.05) is 0 Å². The van der Waals surface area contributed by atoms with Crippen LogP contribution in [0.5, 0.6) is 0 Å². The summed E-state index contributed by atoms with van der Waals surface area (Å²) in [7, 11) is 0. The summed E-state index contributed by atoms with van der Waals surface area (Å²) in [6.45, 7) is 0. The molecule has 0 unspecified atom stereocenters. The average molecular weight is 120 g/mol. The molecule has 2 rings (SSSR count). The van der Waals surface area contributed by atoms with Crippen LogP contribution in [0, 0.1) is 0 Å². The summed E-state index contributed by atoms with van der Waals surface area (Å²) in [4.78, 5) is 2.96. The van der Waals surface area contributed by atoms with E-state index in [1.807, 2.05) is 24.4 Å². The Kier molecular flexibility index (Phi) is 0.803. The van der Waals surface area contributed by atoms with Crippen molar-refractivity contribution < 1.29 is 9.40 Å². The summed E-state index contributed by atoms with van der Waals surface area (Å²) >= 11 is 0. The third-order valence-corrected chi connectivity index (χ3v) is 1.28. The number of rotatable bonds is 0. The third kappa shape index (κ3) is 0.598. The normalized spacial score (nSPS) is 10.2. The lowest BCUT2D eigenvalue weighted by Crippen LogP contribution is -1.97. The molecule has 0 aromatic carbocycles. The van der Waals surface area contributed by atoms with E-state index in [1.54, 1.807) is 6.26 Å². The molecule has 0 aliphatic heterocycles. The topological polar surface area (TPSA) is 27.3 Å². The molecule has 0 spiro atoms. The van der Waals surface area contributed by atoms with Gasteiger partial charge in [0, 0.05) is 6.07 Å². The summed E-state index contributed by atoms with van der Waals surface area (Å²) in [5.74, 6) is 0. The molecule has 0 amide bonds. The molecule has 2 heteroatoms. The fourth-order valence-corrected chi connectivity index (χ4v) is 0.843. The molecule has 0 fully saturated rings. The zero-order valence-electron chi connectivity index (χ0n) is 4.79. The molecule has 0 aliphatic carbocycles. The van der Waals surface area contributed by atoms with E-state index in [0.717, 1.165) is 11.1 Å². The Labute approximate surface area is 52.1 Å². The molecule has 2 aromatic rings. The predicted octanol–water partition coefficient (Wildman–Crippen LogP) is 1.25. The molecule has 2 heterocycles. The lowest BCUT2D eigenvalue weighted by atomic mass is 10.4. The monoisotopic (exact) mass is 120 g/mol. The maximum Gasteiger partial charge on any atom is 0.378 e. The second-order valence-electron chi connectivity index (χ2n) is 1.88. The van der Waals surface area contributed by atoms with Gasteiger partial charge in [-0.1, -0.05) is 0 Å². The SMILES string of the molecule is c1c[nH+]c2occc2c1. The third-order valence-electron chi connectivity index (χ3n) is 1.28. The van der Waals surface area contributed by atoms with Crippen molar-refractivity contribution in [1.82, 2.24) is 0 Å². The average Bonchev–Trinajstić information content (AvgIpc) is 2.33. The van der Waals surface area contributed by atoms with Crippen LogP contribution < -0.4 is 4.98 Å². The first-order valence-electron chi connectivity index (χ1n) is 2.81. The number of aromatic amines is 1. The van der Waals surface area contributed by atoms with Gasteiger partial charge in [0.2, 0.25) is 0 Å². The summed E-state index contributed by atoms with van der Waals surface area (Å²) in [5, 5.41) is 1.11. The van der Waals surface area contributed by atoms with Gasteiger partial charge in [-0.3, -0.25) is 0 Å². The van der Waals surface area contributed by atoms with Gasteiger partial charge in [-0.25, -0.2) is 0 Å². The zero-order valence-corrected chi connectivity index (χ0v) is 4.79. The Balaban J connectivity index is 2.95. The highest BCUT2D eigenvalue weighted by molar-refractivity contribution is 5.69. The summed E-state index contributed by atoms with van der Waals surface area (Å²) in [5.41, 5.74) is 0.831. The highest BCUT2D eigenvalue weighted by Crippen LogP contribution is 2.06. The fraction of sp³-hybridized carbons (Fsp3) is 0. The number of nitrogens with one attached hydrogen (secondary N) is 1. The standard InChI is InChI=1S/C7H5NO/c1-2-6-3-5-9-7(6)8-4-1/h1-5H/p+1. The molecule has 1 N–H and O–H groups in total. The van der Waals surface area contributed by atoms with Gasteiger partial charge in [0.25, 0.3) is 0 Å². The highest BCUT2D eigenvalue weighted by atomic mass is 16.3. The van der Waals surface area contributed by atoms with Crippen LogP contribution in [0.25, 0.3) is 11.1 Å². The van der Waals surface area contributed by atoms with Gasteiger partial charge < -0.3 is 4.42 Å². The Morgan fingerprint density at radius 2 is 2.33 bits per heavy atom. The number of furan rings is 1. The summed E-state index contributed by atoms with van der Waals surface area (Å²) < 4.78 is 5.06. The van der Waals surface area contributed by atoms with Crippen molar-refractivity contribution in [2.45, 2.75) is 0 Å². The molecular weight excluding hydrogens is 114 g/mol. The summed E-state index contributed by atoms with van der Waals surface area (Å²) in [6, 6.07) is 5.86. The van der Waals surface area contributed by atoms with Crippen LogP contribution in [0.4, 0.5) is 0 Å². The van der Waals surface area contributed by atoms with Gasteiger partial charge in [-0.15, -0.1) is 0 Å². The maximum atomic E-state index is 5.06. The minimum atomic E-state index is 0.831. The molecule has 0 saturated heterocycles. The van der Waals surface area contributed by atoms with Crippen molar-refractivity contribution in [3.63, 3.8) is 0 Å². The Hall–Kier alpha value is -1.31. The molecular formula is C7H6NO+. The first-order valence-corrected chi connectivity index (χ1v) is 2.81. The second-order valence-corrected chi connectivity index (χ2v) is 1.88. The van der Waals surface area contributed by atoms with Crippen molar-refractivity contribution in [2.24, 2.45) is 0 Å². The molecule has 2 aromatic heterocycles. The number of fused-ring (bicyclic) bond motifs is 1. The van der Waals surface area contributed by atoms with E-state index in [1.165, 1.54) is 0 Å². The van der Waals surface area contributed by atoms with Crippen molar-refractivity contribution in [1.29, 1.82) is 0 Å². The van der Waals surface area contributed by atoms with Gasteiger partial charge in [0.15, 0.2) is 6.20 Å². The quantitative estimate of drug-likeness (QED) is 0.514. The van der Waals surface area contributed by atoms with E-state index in [-0.39, 0.29) is 0 Å². The second kappa shape index (κ2) is 1.58. The van der Waals surface area contributed by atoms with Crippen LogP contribution in [0.3, 0.4) is 0 Å². The van der Waals surface area contributed by atoms with E-state index >= 15 is 0 Å². The van der Waals surface area contributed by atoms with Crippen LogP contribution in [0.2, 0.25) is 0 Å². The van der Waals surface area contributed by atoms with Gasteiger partial charge in [-0.2, -0.15) is 4.98 Å². The van der Waals surface area contributed by atoms with Crippen molar-refractivity contribution in [3.8, 4) is 0 Å². The first-order chi connectivity index (χ1) is 4.47. The van der Waals surface area contributed by atoms with Crippen LogP contribution in [0.15, 0.2) is 35.1 Å². The molecule has 0 radical (unpaired) electrons. The lowest BCUT2D eigenvalue weighted by Gasteiger charge is -1.73. The van der Waals surface area contributed by atoms with E-state index in [9.17, 15) is 0 Å².